The van der Waals surface area contributed by atoms with Crippen LogP contribution in [0.15, 0.2) is 12.1 Å². The first-order valence-corrected chi connectivity index (χ1v) is 6.16. The van der Waals surface area contributed by atoms with Gasteiger partial charge in [0.2, 0.25) is 10.0 Å². The van der Waals surface area contributed by atoms with Gasteiger partial charge in [0.15, 0.2) is 11.6 Å². The second kappa shape index (κ2) is 4.73. The molecule has 0 unspecified atom stereocenters. The van der Waals surface area contributed by atoms with Crippen LogP contribution in [0.1, 0.15) is 13.3 Å². The summed E-state index contributed by atoms with van der Waals surface area (Å²) in [5, 5.41) is 0. The molecule has 1 aromatic carbocycles. The molecular formula is C9H10F3NO2S. The standard InChI is InChI=1S/C9H10F3NO2S/c1-2-3-16(14,15)13-9-5-7(11)6(10)4-8(9)12/h4-5,13H,2-3H2,1H3. The van der Waals surface area contributed by atoms with E-state index in [1.54, 1.807) is 6.92 Å². The van der Waals surface area contributed by atoms with Crippen LogP contribution >= 0.6 is 0 Å². The van der Waals surface area contributed by atoms with Crippen molar-refractivity contribution in [1.82, 2.24) is 0 Å². The number of rotatable bonds is 4. The summed E-state index contributed by atoms with van der Waals surface area (Å²) in [6.07, 6.45) is 0.334. The van der Waals surface area contributed by atoms with Crippen LogP contribution in [0, 0.1) is 17.5 Å². The van der Waals surface area contributed by atoms with Gasteiger partial charge in [-0.25, -0.2) is 21.6 Å². The maximum Gasteiger partial charge on any atom is 0.232 e. The first-order chi connectivity index (χ1) is 7.35. The molecule has 0 aromatic heterocycles. The van der Waals surface area contributed by atoms with Gasteiger partial charge in [0.25, 0.3) is 0 Å². The lowest BCUT2D eigenvalue weighted by Gasteiger charge is -2.08. The molecule has 1 aromatic rings. The zero-order chi connectivity index (χ0) is 12.3. The van der Waals surface area contributed by atoms with Crippen LogP contribution in [0.5, 0.6) is 0 Å². The summed E-state index contributed by atoms with van der Waals surface area (Å²) in [6.45, 7) is 1.63. The quantitative estimate of drug-likeness (QED) is 0.836. The van der Waals surface area contributed by atoms with Gasteiger partial charge in [-0.05, 0) is 6.42 Å². The first kappa shape index (κ1) is 12.8. The van der Waals surface area contributed by atoms with E-state index < -0.39 is 33.2 Å². The Balaban J connectivity index is 3.03. The van der Waals surface area contributed by atoms with Gasteiger partial charge < -0.3 is 0 Å². The number of hydrogen-bond donors (Lipinski definition) is 1. The fraction of sp³-hybridized carbons (Fsp3) is 0.333. The minimum atomic E-state index is -3.72. The van der Waals surface area contributed by atoms with Crippen molar-refractivity contribution in [3.8, 4) is 0 Å². The van der Waals surface area contributed by atoms with Crippen LogP contribution in [0.25, 0.3) is 0 Å². The molecule has 0 fully saturated rings. The zero-order valence-corrected chi connectivity index (χ0v) is 9.24. The van der Waals surface area contributed by atoms with Gasteiger partial charge in [-0.2, -0.15) is 0 Å². The van der Waals surface area contributed by atoms with Crippen molar-refractivity contribution in [2.24, 2.45) is 0 Å². The van der Waals surface area contributed by atoms with Gasteiger partial charge in [-0.1, -0.05) is 6.92 Å². The van der Waals surface area contributed by atoms with E-state index in [0.717, 1.165) is 0 Å². The van der Waals surface area contributed by atoms with Crippen LogP contribution in [0.2, 0.25) is 0 Å². The molecule has 0 radical (unpaired) electrons. The SMILES string of the molecule is CCCS(=O)(=O)Nc1cc(F)c(F)cc1F. The predicted octanol–water partition coefficient (Wildman–Crippen LogP) is 2.26. The summed E-state index contributed by atoms with van der Waals surface area (Å²) in [7, 11) is -3.72. The zero-order valence-electron chi connectivity index (χ0n) is 8.43. The molecule has 0 aliphatic carbocycles. The van der Waals surface area contributed by atoms with Crippen molar-refractivity contribution in [1.29, 1.82) is 0 Å². The summed E-state index contributed by atoms with van der Waals surface area (Å²) in [5.74, 6) is -4.05. The van der Waals surface area contributed by atoms with E-state index in [-0.39, 0.29) is 5.75 Å². The molecule has 90 valence electrons. The molecule has 0 bridgehead atoms. The largest absolute Gasteiger partial charge is 0.280 e. The number of benzene rings is 1. The van der Waals surface area contributed by atoms with Gasteiger partial charge in [-0.15, -0.1) is 0 Å². The van der Waals surface area contributed by atoms with Crippen molar-refractivity contribution >= 4 is 15.7 Å². The Labute approximate surface area is 91.3 Å². The van der Waals surface area contributed by atoms with Gasteiger partial charge in [0, 0.05) is 12.1 Å². The summed E-state index contributed by atoms with van der Waals surface area (Å²) in [6, 6.07) is 0.761. The molecule has 3 nitrogen and oxygen atoms in total. The van der Waals surface area contributed by atoms with Crippen molar-refractivity contribution in [3.63, 3.8) is 0 Å². The van der Waals surface area contributed by atoms with Gasteiger partial charge in [0.05, 0.1) is 11.4 Å². The minimum absolute atomic E-state index is 0.217. The first-order valence-electron chi connectivity index (χ1n) is 4.50. The molecule has 0 saturated carbocycles. The Morgan fingerprint density at radius 1 is 1.12 bits per heavy atom. The highest BCUT2D eigenvalue weighted by Gasteiger charge is 2.15. The predicted molar refractivity (Wildman–Crippen MR) is 54.0 cm³/mol. The summed E-state index contributed by atoms with van der Waals surface area (Å²) in [5.41, 5.74) is -0.590. The molecule has 0 atom stereocenters. The molecule has 0 saturated heterocycles. The Bertz CT molecular complexity index is 488. The van der Waals surface area contributed by atoms with E-state index in [9.17, 15) is 21.6 Å². The minimum Gasteiger partial charge on any atom is -0.280 e. The van der Waals surface area contributed by atoms with E-state index in [1.165, 1.54) is 0 Å². The number of anilines is 1. The summed E-state index contributed by atoms with van der Waals surface area (Å²) in [4.78, 5) is 0. The van der Waals surface area contributed by atoms with Gasteiger partial charge >= 0.3 is 0 Å². The molecule has 0 aliphatic heterocycles. The van der Waals surface area contributed by atoms with E-state index in [0.29, 0.717) is 18.6 Å². The second-order valence-corrected chi connectivity index (χ2v) is 5.01. The van der Waals surface area contributed by atoms with Crippen LogP contribution in [0.4, 0.5) is 18.9 Å². The van der Waals surface area contributed by atoms with Gasteiger partial charge in [-0.3, -0.25) is 4.72 Å². The topological polar surface area (TPSA) is 46.2 Å². The van der Waals surface area contributed by atoms with Crippen molar-refractivity contribution < 1.29 is 21.6 Å². The molecule has 0 heterocycles. The van der Waals surface area contributed by atoms with Crippen molar-refractivity contribution in [2.75, 3.05) is 10.5 Å². The Morgan fingerprint density at radius 2 is 1.69 bits per heavy atom. The smallest absolute Gasteiger partial charge is 0.232 e. The highest BCUT2D eigenvalue weighted by Crippen LogP contribution is 2.19. The average molecular weight is 253 g/mol. The number of nitrogens with one attached hydrogen (secondary N) is 1. The summed E-state index contributed by atoms with van der Waals surface area (Å²) < 4.78 is 62.7. The Kier molecular flexibility index (Phi) is 3.79. The molecule has 0 amide bonds. The normalized spacial score (nSPS) is 11.5. The molecule has 1 rings (SSSR count). The monoisotopic (exact) mass is 253 g/mol. The highest BCUT2D eigenvalue weighted by atomic mass is 32.2. The molecular weight excluding hydrogens is 243 g/mol. The summed E-state index contributed by atoms with van der Waals surface area (Å²) >= 11 is 0. The Morgan fingerprint density at radius 3 is 2.25 bits per heavy atom. The third-order valence-electron chi connectivity index (χ3n) is 1.75. The van der Waals surface area contributed by atoms with Gasteiger partial charge in [0.1, 0.15) is 5.82 Å². The number of halogens is 3. The maximum atomic E-state index is 13.1. The maximum absolute atomic E-state index is 13.1. The van der Waals surface area contributed by atoms with E-state index in [1.807, 2.05) is 4.72 Å². The highest BCUT2D eigenvalue weighted by molar-refractivity contribution is 7.92. The fourth-order valence-electron chi connectivity index (χ4n) is 1.09. The molecule has 7 heteroatoms. The average Bonchev–Trinajstić information content (AvgIpc) is 2.13. The van der Waals surface area contributed by atoms with Crippen LogP contribution in [-0.4, -0.2) is 14.2 Å². The molecule has 0 spiro atoms. The van der Waals surface area contributed by atoms with Crippen molar-refractivity contribution in [2.45, 2.75) is 13.3 Å². The molecule has 1 N–H and O–H groups in total. The number of sulfonamides is 1. The Hall–Kier alpha value is -1.24. The molecule has 0 aliphatic rings. The lowest BCUT2D eigenvalue weighted by molar-refractivity contribution is 0.496. The van der Waals surface area contributed by atoms with Crippen LogP contribution < -0.4 is 4.72 Å². The lowest BCUT2D eigenvalue weighted by Crippen LogP contribution is -2.17. The fourth-order valence-corrected chi connectivity index (χ4v) is 2.22. The van der Waals surface area contributed by atoms with E-state index in [2.05, 4.69) is 0 Å². The number of hydrogen-bond acceptors (Lipinski definition) is 2. The lowest BCUT2D eigenvalue weighted by atomic mass is 10.3. The second-order valence-electron chi connectivity index (χ2n) is 3.17. The third kappa shape index (κ3) is 3.13. The molecule has 16 heavy (non-hydrogen) atoms. The van der Waals surface area contributed by atoms with E-state index in [4.69, 9.17) is 0 Å². The van der Waals surface area contributed by atoms with Crippen LogP contribution in [0.3, 0.4) is 0 Å². The van der Waals surface area contributed by atoms with E-state index >= 15 is 0 Å². The third-order valence-corrected chi connectivity index (χ3v) is 3.22. The van der Waals surface area contributed by atoms with Crippen LogP contribution in [-0.2, 0) is 10.0 Å². The van der Waals surface area contributed by atoms with Crippen molar-refractivity contribution in [3.05, 3.63) is 29.6 Å².